The number of benzene rings is 3. The summed E-state index contributed by atoms with van der Waals surface area (Å²) in [7, 11) is -2.79. The maximum atomic E-state index is 14.5. The van der Waals surface area contributed by atoms with E-state index < -0.39 is 21.5 Å². The predicted molar refractivity (Wildman–Crippen MR) is 190 cm³/mol. The largest absolute Gasteiger partial charge is 0.456 e. The second-order valence-corrected chi connectivity index (χ2v) is 15.2. The standard InChI is InChI=1S/C39H41N3O6S/c1-8-40-38(44)32-20-30-31(21-41(7)33(22-43)36(30)42(32)49(46,47)35-12-10-9-11-23(35)2)29-19-28(39(5,6)45)15-16-34(29)48-37-24(3)17-27(18-25(37)4)26-13-14-26/h9-12,15-21,26,45H,8,13-14H2,1-7H3,(H,40,44). The molecule has 49 heavy (non-hydrogen) atoms. The Balaban J connectivity index is 1.63. The van der Waals surface area contributed by atoms with Crippen molar-refractivity contribution in [1.29, 1.82) is 0 Å². The molecule has 0 spiro atoms. The van der Waals surface area contributed by atoms with Crippen LogP contribution >= 0.6 is 0 Å². The minimum Gasteiger partial charge on any atom is -0.456 e. The highest BCUT2D eigenvalue weighted by Crippen LogP contribution is 2.46. The summed E-state index contributed by atoms with van der Waals surface area (Å²) in [5.41, 5.74) is 4.24. The molecule has 1 amide bonds. The number of carbonyl (C=O) groups is 1. The Kier molecular flexibility index (Phi) is 8.69. The summed E-state index contributed by atoms with van der Waals surface area (Å²) < 4.78 is 36.7. The molecule has 1 aromatic heterocycles. The number of amides is 1. The first kappa shape index (κ1) is 34.0. The molecule has 10 heteroatoms. The topological polar surface area (TPSA) is 118 Å². The van der Waals surface area contributed by atoms with Crippen LogP contribution in [-0.4, -0.2) is 47.8 Å². The van der Waals surface area contributed by atoms with Gasteiger partial charge in [0.2, 0.25) is 0 Å². The van der Waals surface area contributed by atoms with E-state index >= 15 is 0 Å². The minimum atomic E-state index is -4.41. The number of aryl methyl sites for hydroxylation is 3. The van der Waals surface area contributed by atoms with E-state index in [0.29, 0.717) is 45.2 Å². The minimum absolute atomic E-state index is 0.000246. The van der Waals surface area contributed by atoms with Crippen molar-refractivity contribution in [2.45, 2.75) is 70.8 Å². The van der Waals surface area contributed by atoms with Gasteiger partial charge in [-0.15, -0.1) is 0 Å². The summed E-state index contributed by atoms with van der Waals surface area (Å²) in [6.45, 7) is 11.1. The van der Waals surface area contributed by atoms with Crippen molar-refractivity contribution in [1.82, 2.24) is 14.2 Å². The lowest BCUT2D eigenvalue weighted by Gasteiger charge is -2.28. The van der Waals surface area contributed by atoms with E-state index in [2.05, 4.69) is 17.4 Å². The fraction of sp³-hybridized carbons (Fsp3) is 0.308. The van der Waals surface area contributed by atoms with Gasteiger partial charge in [-0.1, -0.05) is 36.4 Å². The summed E-state index contributed by atoms with van der Waals surface area (Å²) in [5, 5.41) is 13.8. The molecule has 0 unspecified atom stereocenters. The van der Waals surface area contributed by atoms with Crippen molar-refractivity contribution in [3.8, 4) is 11.5 Å². The fourth-order valence-electron chi connectivity index (χ4n) is 6.47. The highest BCUT2D eigenvalue weighted by atomic mass is 32.2. The normalized spacial score (nSPS) is 14.7. The van der Waals surface area contributed by atoms with Crippen LogP contribution in [0, 0.1) is 20.8 Å². The third kappa shape index (κ3) is 6.12. The number of aliphatic hydroxyl groups is 1. The quantitative estimate of drug-likeness (QED) is 0.187. The zero-order valence-corrected chi connectivity index (χ0v) is 29.7. The van der Waals surface area contributed by atoms with Crippen LogP contribution in [0.4, 0.5) is 0 Å². The zero-order chi connectivity index (χ0) is 35.4. The average molecular weight is 680 g/mol. The average Bonchev–Trinajstić information content (AvgIpc) is 3.81. The van der Waals surface area contributed by atoms with Gasteiger partial charge in [0.05, 0.1) is 10.5 Å². The zero-order valence-electron chi connectivity index (χ0n) is 28.8. The SMILES string of the molecule is CCNC(=O)c1cc2c(n1S(=O)(=O)c1ccccc1C)C(=C=O)N(C)C=C2c1cc(C(C)(C)O)ccc1Oc1c(C)cc(C2CC2)cc1C. The Morgan fingerprint density at radius 3 is 2.27 bits per heavy atom. The molecule has 4 aromatic rings. The summed E-state index contributed by atoms with van der Waals surface area (Å²) >= 11 is 0. The van der Waals surface area contributed by atoms with Gasteiger partial charge in [-0.3, -0.25) is 4.79 Å². The number of aromatic nitrogens is 1. The van der Waals surface area contributed by atoms with Crippen molar-refractivity contribution in [2.24, 2.45) is 0 Å². The lowest BCUT2D eigenvalue weighted by molar-refractivity contribution is 0.0785. The fourth-order valence-corrected chi connectivity index (χ4v) is 8.21. The van der Waals surface area contributed by atoms with Gasteiger partial charge in [0.1, 0.15) is 22.9 Å². The highest BCUT2D eigenvalue weighted by molar-refractivity contribution is 7.90. The molecule has 9 nitrogen and oxygen atoms in total. The number of nitrogens with zero attached hydrogens (tertiary/aromatic N) is 2. The van der Waals surface area contributed by atoms with E-state index in [-0.39, 0.29) is 28.5 Å². The Labute approximate surface area is 287 Å². The van der Waals surface area contributed by atoms with Crippen molar-refractivity contribution in [2.75, 3.05) is 13.6 Å². The first-order valence-corrected chi connectivity index (χ1v) is 17.8. The first-order valence-electron chi connectivity index (χ1n) is 16.4. The summed E-state index contributed by atoms with van der Waals surface area (Å²) in [6.07, 6.45) is 4.06. The molecule has 2 N–H and O–H groups in total. The van der Waals surface area contributed by atoms with E-state index in [0.717, 1.165) is 15.1 Å². The lowest BCUT2D eigenvalue weighted by Crippen LogP contribution is -2.30. The lowest BCUT2D eigenvalue weighted by atomic mass is 9.89. The number of ether oxygens (including phenoxy) is 1. The predicted octanol–water partition coefficient (Wildman–Crippen LogP) is 6.80. The van der Waals surface area contributed by atoms with Gasteiger partial charge in [0.25, 0.3) is 15.9 Å². The molecule has 0 atom stereocenters. The maximum Gasteiger partial charge on any atom is 0.269 e. The van der Waals surface area contributed by atoms with Crippen molar-refractivity contribution >= 4 is 33.1 Å². The van der Waals surface area contributed by atoms with Crippen LogP contribution in [0.3, 0.4) is 0 Å². The van der Waals surface area contributed by atoms with Crippen LogP contribution in [0.5, 0.6) is 11.5 Å². The molecular formula is C39H41N3O6S. The van der Waals surface area contributed by atoms with Gasteiger partial charge in [-0.25, -0.2) is 17.2 Å². The molecule has 1 saturated carbocycles. The van der Waals surface area contributed by atoms with Crippen molar-refractivity contribution in [3.63, 3.8) is 0 Å². The molecule has 254 valence electrons. The Morgan fingerprint density at radius 1 is 1.00 bits per heavy atom. The van der Waals surface area contributed by atoms with Crippen LogP contribution in [0.25, 0.3) is 11.3 Å². The number of hydrogen-bond donors (Lipinski definition) is 2. The molecule has 1 aliphatic carbocycles. The molecule has 2 aliphatic rings. The number of fused-ring (bicyclic) bond motifs is 1. The van der Waals surface area contributed by atoms with Crippen LogP contribution in [0.2, 0.25) is 0 Å². The third-order valence-corrected chi connectivity index (χ3v) is 11.0. The monoisotopic (exact) mass is 679 g/mol. The first-order chi connectivity index (χ1) is 23.2. The second-order valence-electron chi connectivity index (χ2n) is 13.4. The smallest absolute Gasteiger partial charge is 0.269 e. The molecule has 1 aliphatic heterocycles. The number of nitrogens with one attached hydrogen (secondary N) is 1. The number of rotatable bonds is 9. The van der Waals surface area contributed by atoms with Crippen LogP contribution < -0.4 is 10.1 Å². The Bertz CT molecular complexity index is 2170. The van der Waals surface area contributed by atoms with Crippen molar-refractivity contribution in [3.05, 3.63) is 117 Å². The van der Waals surface area contributed by atoms with Crippen LogP contribution in [0.15, 0.2) is 71.8 Å². The summed E-state index contributed by atoms with van der Waals surface area (Å²) in [4.78, 5) is 27.7. The second kappa shape index (κ2) is 12.5. The molecule has 2 heterocycles. The van der Waals surface area contributed by atoms with Gasteiger partial charge in [0.15, 0.2) is 11.6 Å². The molecule has 0 radical (unpaired) electrons. The van der Waals surface area contributed by atoms with Gasteiger partial charge >= 0.3 is 0 Å². The molecule has 0 saturated heterocycles. The Hall–Kier alpha value is -4.89. The van der Waals surface area contributed by atoms with Gasteiger partial charge in [0, 0.05) is 36.5 Å². The molecular weight excluding hydrogens is 639 g/mol. The van der Waals surface area contributed by atoms with E-state index in [1.165, 1.54) is 35.4 Å². The maximum absolute atomic E-state index is 14.5. The van der Waals surface area contributed by atoms with E-state index in [9.17, 15) is 23.1 Å². The van der Waals surface area contributed by atoms with E-state index in [1.54, 1.807) is 77.3 Å². The van der Waals surface area contributed by atoms with Crippen molar-refractivity contribution < 1.29 is 27.9 Å². The molecule has 3 aromatic carbocycles. The number of hydrogen-bond acceptors (Lipinski definition) is 7. The highest BCUT2D eigenvalue weighted by Gasteiger charge is 2.37. The van der Waals surface area contributed by atoms with Crippen LogP contribution in [-0.2, 0) is 20.4 Å². The molecule has 6 rings (SSSR count). The number of carbonyl (C=O) groups excluding carboxylic acids is 2. The summed E-state index contributed by atoms with van der Waals surface area (Å²) in [5.74, 6) is 3.04. The molecule has 0 bridgehead atoms. The third-order valence-electron chi connectivity index (χ3n) is 9.15. The van der Waals surface area contributed by atoms with Gasteiger partial charge < -0.3 is 20.1 Å². The van der Waals surface area contributed by atoms with Crippen LogP contribution in [0.1, 0.15) is 94.7 Å². The Morgan fingerprint density at radius 2 is 1.67 bits per heavy atom. The molecule has 1 fully saturated rings. The summed E-state index contributed by atoms with van der Waals surface area (Å²) in [6, 6.07) is 17.7. The van der Waals surface area contributed by atoms with Gasteiger partial charge in [-0.2, -0.15) is 0 Å². The van der Waals surface area contributed by atoms with Gasteiger partial charge in [-0.05, 0) is 112 Å². The van der Waals surface area contributed by atoms with E-state index in [4.69, 9.17) is 4.74 Å². The van der Waals surface area contributed by atoms with E-state index in [1.807, 2.05) is 19.8 Å².